The van der Waals surface area contributed by atoms with Gasteiger partial charge in [0.05, 0.1) is 17.0 Å². The summed E-state index contributed by atoms with van der Waals surface area (Å²) in [5, 5.41) is 0. The molecule has 3 heterocycles. The van der Waals surface area contributed by atoms with Crippen LogP contribution in [0.15, 0.2) is 42.7 Å². The summed E-state index contributed by atoms with van der Waals surface area (Å²) < 4.78 is 40.1. The van der Waals surface area contributed by atoms with Crippen molar-refractivity contribution in [2.24, 2.45) is 0 Å². The van der Waals surface area contributed by atoms with Gasteiger partial charge >= 0.3 is 6.18 Å². The molecule has 0 aromatic carbocycles. The van der Waals surface area contributed by atoms with E-state index in [1.165, 1.54) is 0 Å². The van der Waals surface area contributed by atoms with Crippen LogP contribution in [-0.2, 0) is 6.18 Å². The third kappa shape index (κ3) is 2.07. The molecule has 3 aromatic rings. The minimum Gasteiger partial charge on any atom is -0.384 e. The Labute approximate surface area is 111 Å². The van der Waals surface area contributed by atoms with E-state index in [4.69, 9.17) is 5.73 Å². The van der Waals surface area contributed by atoms with Crippen molar-refractivity contribution in [3.8, 4) is 11.4 Å². The van der Waals surface area contributed by atoms with E-state index in [9.17, 15) is 13.2 Å². The van der Waals surface area contributed by atoms with Gasteiger partial charge in [0.25, 0.3) is 0 Å². The highest BCUT2D eigenvalue weighted by molar-refractivity contribution is 5.62. The molecule has 7 heteroatoms. The molecule has 0 atom stereocenters. The van der Waals surface area contributed by atoms with Gasteiger partial charge in [-0.15, -0.1) is 0 Å². The molecule has 0 amide bonds. The summed E-state index contributed by atoms with van der Waals surface area (Å²) in [6.07, 6.45) is -1.24. The highest BCUT2D eigenvalue weighted by atomic mass is 19.4. The number of anilines is 1. The molecule has 0 fully saturated rings. The van der Waals surface area contributed by atoms with Gasteiger partial charge in [0.15, 0.2) is 0 Å². The minimum atomic E-state index is -4.46. The number of nitrogen functional groups attached to an aromatic ring is 1. The van der Waals surface area contributed by atoms with E-state index in [-0.39, 0.29) is 11.5 Å². The van der Waals surface area contributed by atoms with Gasteiger partial charge < -0.3 is 5.73 Å². The molecule has 0 saturated heterocycles. The van der Waals surface area contributed by atoms with Crippen LogP contribution in [0.4, 0.5) is 19.0 Å². The van der Waals surface area contributed by atoms with Crippen molar-refractivity contribution < 1.29 is 13.2 Å². The fourth-order valence-electron chi connectivity index (χ4n) is 2.00. The predicted molar refractivity (Wildman–Crippen MR) is 67.8 cm³/mol. The van der Waals surface area contributed by atoms with E-state index >= 15 is 0 Å². The molecule has 0 aliphatic rings. The summed E-state index contributed by atoms with van der Waals surface area (Å²) in [5.41, 5.74) is 5.93. The molecule has 0 spiro atoms. The Balaban J connectivity index is 2.24. The Morgan fingerprint density at radius 3 is 2.70 bits per heavy atom. The first kappa shape index (κ1) is 12.5. The van der Waals surface area contributed by atoms with E-state index in [0.717, 1.165) is 12.1 Å². The zero-order valence-electron chi connectivity index (χ0n) is 10.1. The largest absolute Gasteiger partial charge is 0.416 e. The summed E-state index contributed by atoms with van der Waals surface area (Å²) >= 11 is 0. The second-order valence-corrected chi connectivity index (χ2v) is 4.23. The molecule has 2 N–H and O–H groups in total. The first-order valence-electron chi connectivity index (χ1n) is 5.72. The average Bonchev–Trinajstić information content (AvgIpc) is 2.84. The molecular formula is C13H9F3N4. The Kier molecular flexibility index (Phi) is 2.63. The third-order valence-corrected chi connectivity index (χ3v) is 2.86. The topological polar surface area (TPSA) is 56.2 Å². The van der Waals surface area contributed by atoms with Crippen molar-refractivity contribution in [2.45, 2.75) is 6.18 Å². The quantitative estimate of drug-likeness (QED) is 0.744. The Bertz CT molecular complexity index is 777. The van der Waals surface area contributed by atoms with E-state index in [1.807, 2.05) is 0 Å². The van der Waals surface area contributed by atoms with Crippen LogP contribution in [0, 0.1) is 0 Å². The lowest BCUT2D eigenvalue weighted by molar-refractivity contribution is -0.137. The maximum Gasteiger partial charge on any atom is 0.416 e. The molecule has 4 nitrogen and oxygen atoms in total. The average molecular weight is 278 g/mol. The maximum atomic E-state index is 12.8. The second kappa shape index (κ2) is 4.22. The lowest BCUT2D eigenvalue weighted by Crippen LogP contribution is -2.08. The molecule has 3 rings (SSSR count). The maximum absolute atomic E-state index is 12.8. The summed E-state index contributed by atoms with van der Waals surface area (Å²) in [5.74, 6) is -0.174. The standard InChI is InChI=1S/C13H9F3N4/c14-13(15,16)8-6-9(19-11(17)7-8)10-2-1-3-12-18-4-5-20(10)12/h1-7H,(H2,17,19). The van der Waals surface area contributed by atoms with Crippen LogP contribution in [0.5, 0.6) is 0 Å². The molecule has 0 radical (unpaired) electrons. The molecule has 102 valence electrons. The highest BCUT2D eigenvalue weighted by Gasteiger charge is 2.31. The number of halogens is 3. The number of hydrogen-bond acceptors (Lipinski definition) is 3. The molecule has 3 aromatic heterocycles. The van der Waals surface area contributed by atoms with Crippen LogP contribution >= 0.6 is 0 Å². The van der Waals surface area contributed by atoms with Crippen LogP contribution in [-0.4, -0.2) is 14.4 Å². The van der Waals surface area contributed by atoms with E-state index in [2.05, 4.69) is 9.97 Å². The van der Waals surface area contributed by atoms with Gasteiger partial charge in [-0.1, -0.05) is 6.07 Å². The Morgan fingerprint density at radius 1 is 1.15 bits per heavy atom. The zero-order chi connectivity index (χ0) is 14.3. The highest BCUT2D eigenvalue weighted by Crippen LogP contribution is 2.32. The molecule has 20 heavy (non-hydrogen) atoms. The fraction of sp³-hybridized carbons (Fsp3) is 0.0769. The summed E-state index contributed by atoms with van der Waals surface area (Å²) in [6.45, 7) is 0. The summed E-state index contributed by atoms with van der Waals surface area (Å²) in [6, 6.07) is 6.91. The molecular weight excluding hydrogens is 269 g/mol. The summed E-state index contributed by atoms with van der Waals surface area (Å²) in [4.78, 5) is 8.06. The van der Waals surface area contributed by atoms with Crippen LogP contribution in [0.1, 0.15) is 5.56 Å². The number of hydrogen-bond donors (Lipinski definition) is 1. The number of nitrogens with zero attached hydrogens (tertiary/aromatic N) is 3. The van der Waals surface area contributed by atoms with Gasteiger partial charge in [-0.05, 0) is 24.3 Å². The first-order valence-corrected chi connectivity index (χ1v) is 5.72. The van der Waals surface area contributed by atoms with Crippen molar-refractivity contribution in [2.75, 3.05) is 5.73 Å². The monoisotopic (exact) mass is 278 g/mol. The van der Waals surface area contributed by atoms with Crippen LogP contribution < -0.4 is 5.73 Å². The third-order valence-electron chi connectivity index (χ3n) is 2.86. The van der Waals surface area contributed by atoms with E-state index in [0.29, 0.717) is 11.3 Å². The van der Waals surface area contributed by atoms with Crippen LogP contribution in [0.3, 0.4) is 0 Å². The Hall–Kier alpha value is -2.57. The number of nitrogens with two attached hydrogens (primary N) is 1. The lowest BCUT2D eigenvalue weighted by atomic mass is 10.1. The summed E-state index contributed by atoms with van der Waals surface area (Å²) in [7, 11) is 0. The molecule has 0 bridgehead atoms. The van der Waals surface area contributed by atoms with Crippen molar-refractivity contribution in [1.82, 2.24) is 14.4 Å². The number of fused-ring (bicyclic) bond motifs is 1. The zero-order valence-corrected chi connectivity index (χ0v) is 10.1. The number of aromatic nitrogens is 3. The van der Waals surface area contributed by atoms with Gasteiger partial charge in [0.2, 0.25) is 0 Å². The number of rotatable bonds is 1. The van der Waals surface area contributed by atoms with E-state index < -0.39 is 11.7 Å². The minimum absolute atomic E-state index is 0.154. The number of alkyl halides is 3. The van der Waals surface area contributed by atoms with Gasteiger partial charge in [0, 0.05) is 12.4 Å². The smallest absolute Gasteiger partial charge is 0.384 e. The Morgan fingerprint density at radius 2 is 1.95 bits per heavy atom. The van der Waals surface area contributed by atoms with Gasteiger partial charge in [-0.25, -0.2) is 9.97 Å². The second-order valence-electron chi connectivity index (χ2n) is 4.23. The molecule has 0 saturated carbocycles. The first-order chi connectivity index (χ1) is 9.45. The van der Waals surface area contributed by atoms with Crippen molar-refractivity contribution in [3.05, 3.63) is 48.3 Å². The van der Waals surface area contributed by atoms with Crippen LogP contribution in [0.2, 0.25) is 0 Å². The van der Waals surface area contributed by atoms with Crippen molar-refractivity contribution in [1.29, 1.82) is 0 Å². The molecule has 0 aliphatic heterocycles. The van der Waals surface area contributed by atoms with Crippen molar-refractivity contribution in [3.63, 3.8) is 0 Å². The van der Waals surface area contributed by atoms with Crippen molar-refractivity contribution >= 4 is 11.5 Å². The number of pyridine rings is 2. The SMILES string of the molecule is Nc1cc(C(F)(F)F)cc(-c2cccc3nccn23)n1. The molecule has 0 aliphatic carbocycles. The van der Waals surface area contributed by atoms with E-state index in [1.54, 1.807) is 35.0 Å². The van der Waals surface area contributed by atoms with Gasteiger partial charge in [-0.2, -0.15) is 13.2 Å². The fourth-order valence-corrected chi connectivity index (χ4v) is 2.00. The predicted octanol–water partition coefficient (Wildman–Crippen LogP) is 3.00. The van der Waals surface area contributed by atoms with Crippen LogP contribution in [0.25, 0.3) is 17.0 Å². The van der Waals surface area contributed by atoms with Gasteiger partial charge in [0.1, 0.15) is 11.5 Å². The lowest BCUT2D eigenvalue weighted by Gasteiger charge is -2.11. The normalized spacial score (nSPS) is 11.9. The molecule has 0 unspecified atom stereocenters. The number of imidazole rings is 1. The van der Waals surface area contributed by atoms with Gasteiger partial charge in [-0.3, -0.25) is 4.40 Å².